The number of fused-ring (bicyclic) bond motifs is 2. The Balaban J connectivity index is 1.91. The van der Waals surface area contributed by atoms with Crippen molar-refractivity contribution < 1.29 is 4.74 Å². The van der Waals surface area contributed by atoms with Crippen molar-refractivity contribution in [2.45, 2.75) is 50.7 Å². The van der Waals surface area contributed by atoms with E-state index in [0.29, 0.717) is 23.9 Å². The van der Waals surface area contributed by atoms with Gasteiger partial charge in [0.1, 0.15) is 11.6 Å². The van der Waals surface area contributed by atoms with Crippen molar-refractivity contribution in [3.63, 3.8) is 0 Å². The number of hydrogen-bond acceptors (Lipinski definition) is 4. The van der Waals surface area contributed by atoms with Crippen LogP contribution in [-0.4, -0.2) is 22.2 Å². The van der Waals surface area contributed by atoms with Crippen molar-refractivity contribution in [3.8, 4) is 0 Å². The van der Waals surface area contributed by atoms with E-state index in [2.05, 4.69) is 16.9 Å². The minimum atomic E-state index is 0.330. The molecule has 2 bridgehead atoms. The standard InChI is InChI=1S/C12H17N3O/c1-2-7-5-11(13)15-12(14-7)9-6-8-3-4-10(9)16-8/h5,8-10H,2-4,6H2,1H3,(H2,13,14,15). The Bertz CT molecular complexity index is 407. The molecular formula is C12H17N3O. The summed E-state index contributed by atoms with van der Waals surface area (Å²) < 4.78 is 5.83. The smallest absolute Gasteiger partial charge is 0.136 e. The Hall–Kier alpha value is -1.16. The number of aromatic nitrogens is 2. The highest BCUT2D eigenvalue weighted by Crippen LogP contribution is 2.43. The van der Waals surface area contributed by atoms with Crippen LogP contribution in [0.2, 0.25) is 0 Å². The number of aryl methyl sites for hydroxylation is 1. The summed E-state index contributed by atoms with van der Waals surface area (Å²) in [5.74, 6) is 1.85. The highest BCUT2D eigenvalue weighted by atomic mass is 16.5. The molecule has 1 aromatic rings. The summed E-state index contributed by atoms with van der Waals surface area (Å²) in [5.41, 5.74) is 6.84. The van der Waals surface area contributed by atoms with E-state index in [9.17, 15) is 0 Å². The van der Waals surface area contributed by atoms with Gasteiger partial charge in [-0.25, -0.2) is 9.97 Å². The Labute approximate surface area is 95.2 Å². The molecule has 0 spiro atoms. The molecule has 0 aromatic carbocycles. The molecule has 2 fully saturated rings. The van der Waals surface area contributed by atoms with E-state index in [1.165, 1.54) is 6.42 Å². The predicted molar refractivity (Wildman–Crippen MR) is 61.1 cm³/mol. The zero-order valence-electron chi connectivity index (χ0n) is 9.52. The van der Waals surface area contributed by atoms with Gasteiger partial charge in [-0.3, -0.25) is 0 Å². The van der Waals surface area contributed by atoms with Gasteiger partial charge in [0.25, 0.3) is 0 Å². The highest BCUT2D eigenvalue weighted by molar-refractivity contribution is 5.31. The van der Waals surface area contributed by atoms with Crippen LogP contribution in [0, 0.1) is 0 Å². The molecule has 3 rings (SSSR count). The SMILES string of the molecule is CCc1cc(N)nc(C2CC3CCC2O3)n1. The summed E-state index contributed by atoms with van der Waals surface area (Å²) in [5, 5.41) is 0. The fraction of sp³-hybridized carbons (Fsp3) is 0.667. The van der Waals surface area contributed by atoms with Gasteiger partial charge in [-0.05, 0) is 25.7 Å². The molecule has 2 saturated heterocycles. The third kappa shape index (κ3) is 1.57. The molecule has 0 radical (unpaired) electrons. The maximum atomic E-state index is 5.83. The monoisotopic (exact) mass is 219 g/mol. The highest BCUT2D eigenvalue weighted by Gasteiger charge is 2.42. The number of hydrogen-bond donors (Lipinski definition) is 1. The van der Waals surface area contributed by atoms with Crippen molar-refractivity contribution in [2.75, 3.05) is 5.73 Å². The lowest BCUT2D eigenvalue weighted by Gasteiger charge is -2.17. The van der Waals surface area contributed by atoms with Crippen LogP contribution in [-0.2, 0) is 11.2 Å². The molecule has 0 amide bonds. The third-order valence-electron chi connectivity index (χ3n) is 3.62. The van der Waals surface area contributed by atoms with Gasteiger partial charge in [0.05, 0.1) is 12.2 Å². The Morgan fingerprint density at radius 3 is 2.94 bits per heavy atom. The summed E-state index contributed by atoms with van der Waals surface area (Å²) in [6, 6.07) is 1.86. The van der Waals surface area contributed by atoms with Gasteiger partial charge in [-0.2, -0.15) is 0 Å². The first kappa shape index (κ1) is 10.0. The molecule has 2 N–H and O–H groups in total. The molecule has 4 heteroatoms. The zero-order valence-corrected chi connectivity index (χ0v) is 9.52. The van der Waals surface area contributed by atoms with Gasteiger partial charge in [-0.15, -0.1) is 0 Å². The Kier molecular flexibility index (Phi) is 2.32. The van der Waals surface area contributed by atoms with E-state index in [0.717, 1.165) is 30.8 Å². The Morgan fingerprint density at radius 1 is 1.44 bits per heavy atom. The lowest BCUT2D eigenvalue weighted by Crippen LogP contribution is -2.18. The normalized spacial score (nSPS) is 32.2. The molecule has 3 atom stereocenters. The van der Waals surface area contributed by atoms with Crippen molar-refractivity contribution >= 4 is 5.82 Å². The van der Waals surface area contributed by atoms with E-state index >= 15 is 0 Å². The molecular weight excluding hydrogens is 202 g/mol. The van der Waals surface area contributed by atoms with Crippen molar-refractivity contribution in [3.05, 3.63) is 17.6 Å². The fourth-order valence-electron chi connectivity index (χ4n) is 2.80. The summed E-state index contributed by atoms with van der Waals surface area (Å²) in [4.78, 5) is 8.95. The van der Waals surface area contributed by atoms with Crippen molar-refractivity contribution in [1.82, 2.24) is 9.97 Å². The molecule has 3 unspecified atom stereocenters. The largest absolute Gasteiger partial charge is 0.384 e. The third-order valence-corrected chi connectivity index (χ3v) is 3.62. The fourth-order valence-corrected chi connectivity index (χ4v) is 2.80. The summed E-state index contributed by atoms with van der Waals surface area (Å²) in [6.45, 7) is 2.09. The zero-order chi connectivity index (χ0) is 11.1. The maximum absolute atomic E-state index is 5.83. The van der Waals surface area contributed by atoms with Crippen LogP contribution in [0.4, 0.5) is 5.82 Å². The molecule has 3 heterocycles. The van der Waals surface area contributed by atoms with Gasteiger partial charge in [-0.1, -0.05) is 6.92 Å². The number of ether oxygens (including phenoxy) is 1. The van der Waals surface area contributed by atoms with Gasteiger partial charge < -0.3 is 10.5 Å². The first-order valence-electron chi connectivity index (χ1n) is 6.05. The summed E-state index contributed by atoms with van der Waals surface area (Å²) in [6.07, 6.45) is 5.08. The quantitative estimate of drug-likeness (QED) is 0.821. The van der Waals surface area contributed by atoms with Crippen LogP contribution in [0.3, 0.4) is 0 Å². The molecule has 86 valence electrons. The lowest BCUT2D eigenvalue weighted by molar-refractivity contribution is 0.0998. The first-order valence-corrected chi connectivity index (χ1v) is 6.05. The summed E-state index contributed by atoms with van der Waals surface area (Å²) in [7, 11) is 0. The molecule has 16 heavy (non-hydrogen) atoms. The van der Waals surface area contributed by atoms with E-state index < -0.39 is 0 Å². The van der Waals surface area contributed by atoms with Crippen LogP contribution >= 0.6 is 0 Å². The van der Waals surface area contributed by atoms with Gasteiger partial charge >= 0.3 is 0 Å². The van der Waals surface area contributed by atoms with Crippen LogP contribution in [0.1, 0.15) is 43.6 Å². The van der Waals surface area contributed by atoms with Crippen molar-refractivity contribution in [2.24, 2.45) is 0 Å². The molecule has 4 nitrogen and oxygen atoms in total. The van der Waals surface area contributed by atoms with Crippen LogP contribution < -0.4 is 5.73 Å². The van der Waals surface area contributed by atoms with Crippen LogP contribution in [0.25, 0.3) is 0 Å². The molecule has 0 aliphatic carbocycles. The molecule has 2 aliphatic rings. The minimum Gasteiger partial charge on any atom is -0.384 e. The number of nitrogen functional groups attached to an aromatic ring is 1. The average Bonchev–Trinajstić information content (AvgIpc) is 2.89. The predicted octanol–water partition coefficient (Wildman–Crippen LogP) is 1.66. The lowest BCUT2D eigenvalue weighted by atomic mass is 9.88. The van der Waals surface area contributed by atoms with Crippen molar-refractivity contribution in [1.29, 1.82) is 0 Å². The van der Waals surface area contributed by atoms with E-state index in [-0.39, 0.29) is 0 Å². The second-order valence-electron chi connectivity index (χ2n) is 4.71. The molecule has 0 saturated carbocycles. The molecule has 2 aliphatic heterocycles. The van der Waals surface area contributed by atoms with E-state index in [4.69, 9.17) is 10.5 Å². The maximum Gasteiger partial charge on any atom is 0.136 e. The molecule has 1 aromatic heterocycles. The second kappa shape index (κ2) is 3.70. The van der Waals surface area contributed by atoms with Gasteiger partial charge in [0, 0.05) is 17.7 Å². The second-order valence-corrected chi connectivity index (χ2v) is 4.71. The minimum absolute atomic E-state index is 0.330. The van der Waals surface area contributed by atoms with E-state index in [1.54, 1.807) is 0 Å². The Morgan fingerprint density at radius 2 is 2.31 bits per heavy atom. The van der Waals surface area contributed by atoms with Crippen LogP contribution in [0.15, 0.2) is 6.07 Å². The topological polar surface area (TPSA) is 61.0 Å². The number of rotatable bonds is 2. The van der Waals surface area contributed by atoms with Gasteiger partial charge in [0.15, 0.2) is 0 Å². The average molecular weight is 219 g/mol. The number of nitrogens with two attached hydrogens (primary N) is 1. The van der Waals surface area contributed by atoms with Gasteiger partial charge in [0.2, 0.25) is 0 Å². The van der Waals surface area contributed by atoms with E-state index in [1.807, 2.05) is 6.07 Å². The first-order chi connectivity index (χ1) is 7.76. The number of nitrogens with zero attached hydrogens (tertiary/aromatic N) is 2. The summed E-state index contributed by atoms with van der Waals surface area (Å²) >= 11 is 0. The number of anilines is 1. The van der Waals surface area contributed by atoms with Crippen LogP contribution in [0.5, 0.6) is 0 Å².